The Morgan fingerprint density at radius 3 is 2.40 bits per heavy atom. The molecule has 0 aromatic heterocycles. The first-order chi connectivity index (χ1) is 11.9. The van der Waals surface area contributed by atoms with E-state index in [1.165, 1.54) is 5.56 Å². The Bertz CT molecular complexity index is 704. The summed E-state index contributed by atoms with van der Waals surface area (Å²) in [4.78, 5) is 11.8. The summed E-state index contributed by atoms with van der Waals surface area (Å²) in [6.45, 7) is 6.16. The monoisotopic (exact) mass is 339 g/mol. The van der Waals surface area contributed by atoms with Gasteiger partial charge in [0, 0.05) is 12.0 Å². The average Bonchev–Trinajstić information content (AvgIpc) is 3.31. The molecule has 1 aliphatic carbocycles. The molecule has 1 N–H and O–H groups in total. The minimum absolute atomic E-state index is 0.158. The maximum atomic E-state index is 11.8. The lowest BCUT2D eigenvalue weighted by Gasteiger charge is -2.19. The van der Waals surface area contributed by atoms with Crippen molar-refractivity contribution in [3.05, 3.63) is 65.7 Å². The summed E-state index contributed by atoms with van der Waals surface area (Å²) in [5, 5.41) is 2.93. The van der Waals surface area contributed by atoms with Crippen LogP contribution in [0.5, 0.6) is 5.75 Å². The molecular formula is C21H25NO3. The van der Waals surface area contributed by atoms with Gasteiger partial charge < -0.3 is 14.8 Å². The molecule has 0 saturated heterocycles. The van der Waals surface area contributed by atoms with Crippen LogP contribution in [0.15, 0.2) is 54.6 Å². The fourth-order valence-electron chi connectivity index (χ4n) is 2.73. The number of rotatable bonds is 5. The van der Waals surface area contributed by atoms with Crippen LogP contribution in [0.2, 0.25) is 0 Å². The molecule has 4 nitrogen and oxygen atoms in total. The first kappa shape index (κ1) is 17.3. The van der Waals surface area contributed by atoms with E-state index >= 15 is 0 Å². The molecule has 0 bridgehead atoms. The van der Waals surface area contributed by atoms with E-state index in [0.717, 1.165) is 17.7 Å². The third-order valence-electron chi connectivity index (χ3n) is 4.05. The van der Waals surface area contributed by atoms with Crippen molar-refractivity contribution in [2.75, 3.05) is 0 Å². The molecule has 2 aromatic carbocycles. The second kappa shape index (κ2) is 7.18. The second-order valence-electron chi connectivity index (χ2n) is 7.44. The second-order valence-corrected chi connectivity index (χ2v) is 7.44. The minimum atomic E-state index is -0.466. The SMILES string of the molecule is CC(C)(C)OC(=O)NC1C[C@H]1c1ccc(OCc2ccccc2)cc1. The van der Waals surface area contributed by atoms with Crippen LogP contribution in [-0.2, 0) is 11.3 Å². The van der Waals surface area contributed by atoms with E-state index in [0.29, 0.717) is 12.5 Å². The van der Waals surface area contributed by atoms with Crippen LogP contribution in [0.25, 0.3) is 0 Å². The summed E-state index contributed by atoms with van der Waals surface area (Å²) in [5.41, 5.74) is 1.90. The summed E-state index contributed by atoms with van der Waals surface area (Å²) >= 11 is 0. The number of hydrogen-bond acceptors (Lipinski definition) is 3. The summed E-state index contributed by atoms with van der Waals surface area (Å²) in [6, 6.07) is 18.4. The number of benzene rings is 2. The van der Waals surface area contributed by atoms with Gasteiger partial charge in [-0.2, -0.15) is 0 Å². The van der Waals surface area contributed by atoms with Crippen molar-refractivity contribution in [2.45, 2.75) is 51.4 Å². The summed E-state index contributed by atoms with van der Waals surface area (Å²) in [5.74, 6) is 1.21. The van der Waals surface area contributed by atoms with Gasteiger partial charge >= 0.3 is 6.09 Å². The number of carbonyl (C=O) groups excluding carboxylic acids is 1. The van der Waals surface area contributed by atoms with Crippen molar-refractivity contribution in [3.8, 4) is 5.75 Å². The minimum Gasteiger partial charge on any atom is -0.489 e. The molecule has 132 valence electrons. The van der Waals surface area contributed by atoms with Gasteiger partial charge in [0.1, 0.15) is 18.0 Å². The zero-order valence-corrected chi connectivity index (χ0v) is 15.0. The number of nitrogens with one attached hydrogen (secondary N) is 1. The molecule has 1 saturated carbocycles. The van der Waals surface area contributed by atoms with Gasteiger partial charge in [0.2, 0.25) is 0 Å². The standard InChI is InChI=1S/C21H25NO3/c1-21(2,3)25-20(23)22-19-13-18(19)16-9-11-17(12-10-16)24-14-15-7-5-4-6-8-15/h4-12,18-19H,13-14H2,1-3H3,(H,22,23)/t18-,19?/m0/s1. The topological polar surface area (TPSA) is 47.6 Å². The van der Waals surface area contributed by atoms with Gasteiger partial charge in [-0.25, -0.2) is 4.79 Å². The van der Waals surface area contributed by atoms with E-state index < -0.39 is 5.60 Å². The Morgan fingerprint density at radius 2 is 1.76 bits per heavy atom. The average molecular weight is 339 g/mol. The first-order valence-corrected chi connectivity index (χ1v) is 8.67. The summed E-state index contributed by atoms with van der Waals surface area (Å²) in [6.07, 6.45) is 0.603. The van der Waals surface area contributed by atoms with Gasteiger partial charge in [-0.05, 0) is 50.5 Å². The van der Waals surface area contributed by atoms with E-state index in [9.17, 15) is 4.79 Å². The molecule has 0 heterocycles. The van der Waals surface area contributed by atoms with Gasteiger partial charge in [0.25, 0.3) is 0 Å². The van der Waals surface area contributed by atoms with Gasteiger partial charge in [0.05, 0.1) is 0 Å². The molecule has 0 spiro atoms. The highest BCUT2D eigenvalue weighted by molar-refractivity contribution is 5.69. The van der Waals surface area contributed by atoms with Gasteiger partial charge in [-0.1, -0.05) is 42.5 Å². The third kappa shape index (κ3) is 5.24. The lowest BCUT2D eigenvalue weighted by atomic mass is 10.1. The van der Waals surface area contributed by atoms with Crippen molar-refractivity contribution < 1.29 is 14.3 Å². The van der Waals surface area contributed by atoms with Crippen LogP contribution in [0.3, 0.4) is 0 Å². The zero-order valence-electron chi connectivity index (χ0n) is 15.0. The van der Waals surface area contributed by atoms with Crippen LogP contribution in [0.1, 0.15) is 44.2 Å². The zero-order chi connectivity index (χ0) is 17.9. The number of ether oxygens (including phenoxy) is 2. The maximum absolute atomic E-state index is 11.8. The van der Waals surface area contributed by atoms with Crippen LogP contribution < -0.4 is 10.1 Å². The fraction of sp³-hybridized carbons (Fsp3) is 0.381. The largest absolute Gasteiger partial charge is 0.489 e. The van der Waals surface area contributed by atoms with Gasteiger partial charge in [-0.15, -0.1) is 0 Å². The highest BCUT2D eigenvalue weighted by Gasteiger charge is 2.40. The van der Waals surface area contributed by atoms with Crippen LogP contribution in [0, 0.1) is 0 Å². The van der Waals surface area contributed by atoms with Crippen molar-refractivity contribution in [2.24, 2.45) is 0 Å². The van der Waals surface area contributed by atoms with Gasteiger partial charge in [-0.3, -0.25) is 0 Å². The lowest BCUT2D eigenvalue weighted by molar-refractivity contribution is 0.0523. The highest BCUT2D eigenvalue weighted by atomic mass is 16.6. The van der Waals surface area contributed by atoms with E-state index in [2.05, 4.69) is 17.4 Å². The smallest absolute Gasteiger partial charge is 0.407 e. The Balaban J connectivity index is 1.48. The van der Waals surface area contributed by atoms with Crippen LogP contribution in [-0.4, -0.2) is 17.7 Å². The molecule has 4 heteroatoms. The Hall–Kier alpha value is -2.49. The molecule has 0 radical (unpaired) electrons. The predicted molar refractivity (Wildman–Crippen MR) is 97.7 cm³/mol. The Labute approximate surface area is 149 Å². The summed E-state index contributed by atoms with van der Waals surface area (Å²) < 4.78 is 11.1. The van der Waals surface area contributed by atoms with Gasteiger partial charge in [0.15, 0.2) is 0 Å². The molecule has 1 aliphatic rings. The Kier molecular flexibility index (Phi) is 4.98. The fourth-order valence-corrected chi connectivity index (χ4v) is 2.73. The molecule has 1 unspecified atom stereocenters. The van der Waals surface area contributed by atoms with E-state index in [-0.39, 0.29) is 12.1 Å². The molecule has 2 aromatic rings. The molecule has 2 atom stereocenters. The first-order valence-electron chi connectivity index (χ1n) is 8.67. The van der Waals surface area contributed by atoms with Crippen molar-refractivity contribution in [1.82, 2.24) is 5.32 Å². The highest BCUT2D eigenvalue weighted by Crippen LogP contribution is 2.41. The predicted octanol–water partition coefficient (Wildman–Crippen LogP) is 4.65. The number of alkyl carbamates (subject to hydrolysis) is 1. The normalized spacial score (nSPS) is 19.2. The quantitative estimate of drug-likeness (QED) is 0.863. The maximum Gasteiger partial charge on any atom is 0.407 e. The van der Waals surface area contributed by atoms with Crippen molar-refractivity contribution >= 4 is 6.09 Å². The lowest BCUT2D eigenvalue weighted by Crippen LogP contribution is -2.34. The number of hydrogen-bond donors (Lipinski definition) is 1. The van der Waals surface area contributed by atoms with Crippen molar-refractivity contribution in [3.63, 3.8) is 0 Å². The Morgan fingerprint density at radius 1 is 1.08 bits per heavy atom. The molecule has 25 heavy (non-hydrogen) atoms. The molecule has 3 rings (SSSR count). The van der Waals surface area contributed by atoms with E-state index in [1.807, 2.05) is 63.2 Å². The molecule has 1 amide bonds. The molecular weight excluding hydrogens is 314 g/mol. The number of amides is 1. The van der Waals surface area contributed by atoms with Crippen LogP contribution >= 0.6 is 0 Å². The van der Waals surface area contributed by atoms with E-state index in [1.54, 1.807) is 0 Å². The van der Waals surface area contributed by atoms with Crippen LogP contribution in [0.4, 0.5) is 4.79 Å². The molecule has 0 aliphatic heterocycles. The van der Waals surface area contributed by atoms with Crippen molar-refractivity contribution in [1.29, 1.82) is 0 Å². The summed E-state index contributed by atoms with van der Waals surface area (Å²) in [7, 11) is 0. The molecule has 1 fully saturated rings. The number of carbonyl (C=O) groups is 1. The third-order valence-corrected chi connectivity index (χ3v) is 4.05. The van der Waals surface area contributed by atoms with E-state index in [4.69, 9.17) is 9.47 Å².